The van der Waals surface area contributed by atoms with Crippen molar-refractivity contribution in [2.24, 2.45) is 5.92 Å². The highest BCUT2D eigenvalue weighted by atomic mass is 16.4. The van der Waals surface area contributed by atoms with E-state index in [1.807, 2.05) is 6.92 Å². The summed E-state index contributed by atoms with van der Waals surface area (Å²) in [4.78, 5) is 26.5. The summed E-state index contributed by atoms with van der Waals surface area (Å²) >= 11 is 0. The van der Waals surface area contributed by atoms with Gasteiger partial charge in [0.25, 0.3) is 0 Å². The van der Waals surface area contributed by atoms with Gasteiger partial charge in [-0.1, -0.05) is 6.08 Å². The normalized spacial score (nSPS) is 22.9. The largest absolute Gasteiger partial charge is 0.481 e. The van der Waals surface area contributed by atoms with Crippen LogP contribution in [-0.4, -0.2) is 64.3 Å². The highest BCUT2D eigenvalue weighted by Gasteiger charge is 2.33. The summed E-state index contributed by atoms with van der Waals surface area (Å²) in [5.41, 5.74) is 0. The molecule has 0 radical (unpaired) electrons. The number of hydrogen-bond donors (Lipinski definition) is 2. The standard InChI is InChI=1S/C13H22N2O4/c1-3-5-14(7-8-16)13(19)15-6-4-11(12(17)18)9-10(15)2/h3,10-11,16H,1,4-9H2,2H3,(H,17,18). The second-order valence-electron chi connectivity index (χ2n) is 4.84. The Hall–Kier alpha value is -1.56. The topological polar surface area (TPSA) is 81.1 Å². The van der Waals surface area contributed by atoms with Crippen molar-refractivity contribution in [2.75, 3.05) is 26.2 Å². The molecule has 0 aromatic carbocycles. The van der Waals surface area contributed by atoms with Crippen LogP contribution in [0.4, 0.5) is 4.79 Å². The van der Waals surface area contributed by atoms with Crippen molar-refractivity contribution < 1.29 is 19.8 Å². The van der Waals surface area contributed by atoms with Gasteiger partial charge in [-0.25, -0.2) is 4.79 Å². The molecule has 2 N–H and O–H groups in total. The lowest BCUT2D eigenvalue weighted by Gasteiger charge is -2.39. The van der Waals surface area contributed by atoms with Crippen molar-refractivity contribution in [2.45, 2.75) is 25.8 Å². The number of carboxylic acids is 1. The molecule has 1 aliphatic heterocycles. The molecule has 6 heteroatoms. The number of likely N-dealkylation sites (tertiary alicyclic amines) is 1. The molecule has 2 unspecified atom stereocenters. The minimum atomic E-state index is -0.794. The van der Waals surface area contributed by atoms with E-state index in [1.165, 1.54) is 4.90 Å². The SMILES string of the molecule is C=CCN(CCO)C(=O)N1CCC(C(=O)O)CC1C. The third-order valence-electron chi connectivity index (χ3n) is 3.46. The second-order valence-corrected chi connectivity index (χ2v) is 4.84. The Kier molecular flexibility index (Phi) is 5.82. The van der Waals surface area contributed by atoms with E-state index in [1.54, 1.807) is 11.0 Å². The van der Waals surface area contributed by atoms with E-state index in [9.17, 15) is 9.59 Å². The zero-order valence-electron chi connectivity index (χ0n) is 11.3. The van der Waals surface area contributed by atoms with Crippen molar-refractivity contribution in [3.63, 3.8) is 0 Å². The Labute approximate surface area is 113 Å². The first kappa shape index (κ1) is 15.5. The van der Waals surface area contributed by atoms with Crippen LogP contribution in [0.2, 0.25) is 0 Å². The van der Waals surface area contributed by atoms with E-state index in [4.69, 9.17) is 10.2 Å². The molecule has 108 valence electrons. The maximum atomic E-state index is 12.3. The fraction of sp³-hybridized carbons (Fsp3) is 0.692. The molecule has 1 heterocycles. The van der Waals surface area contributed by atoms with Gasteiger partial charge in [-0.2, -0.15) is 0 Å². The van der Waals surface area contributed by atoms with Crippen LogP contribution in [0.25, 0.3) is 0 Å². The van der Waals surface area contributed by atoms with E-state index in [0.717, 1.165) is 0 Å². The number of nitrogens with zero attached hydrogens (tertiary/aromatic N) is 2. The van der Waals surface area contributed by atoms with Crippen LogP contribution < -0.4 is 0 Å². The molecule has 0 spiro atoms. The van der Waals surface area contributed by atoms with Gasteiger partial charge in [-0.15, -0.1) is 6.58 Å². The predicted molar refractivity (Wildman–Crippen MR) is 70.8 cm³/mol. The summed E-state index contributed by atoms with van der Waals surface area (Å²) in [7, 11) is 0. The van der Waals surface area contributed by atoms with Crippen molar-refractivity contribution >= 4 is 12.0 Å². The molecule has 1 saturated heterocycles. The van der Waals surface area contributed by atoms with E-state index in [-0.39, 0.29) is 31.1 Å². The van der Waals surface area contributed by atoms with Crippen LogP contribution in [-0.2, 0) is 4.79 Å². The Morgan fingerprint density at radius 3 is 2.68 bits per heavy atom. The lowest BCUT2D eigenvalue weighted by atomic mass is 9.92. The molecule has 0 aromatic heterocycles. The van der Waals surface area contributed by atoms with Gasteiger partial charge in [0.15, 0.2) is 0 Å². The van der Waals surface area contributed by atoms with Gasteiger partial charge < -0.3 is 20.0 Å². The smallest absolute Gasteiger partial charge is 0.320 e. The molecule has 2 atom stereocenters. The van der Waals surface area contributed by atoms with Crippen molar-refractivity contribution in [1.29, 1.82) is 0 Å². The third-order valence-corrected chi connectivity index (χ3v) is 3.46. The van der Waals surface area contributed by atoms with Gasteiger partial charge in [0.1, 0.15) is 0 Å². The summed E-state index contributed by atoms with van der Waals surface area (Å²) in [5, 5.41) is 18.0. The first-order chi connectivity index (χ1) is 9.01. The molecule has 2 amide bonds. The highest BCUT2D eigenvalue weighted by Crippen LogP contribution is 2.24. The Balaban J connectivity index is 2.66. The van der Waals surface area contributed by atoms with Gasteiger partial charge in [-0.05, 0) is 19.8 Å². The predicted octanol–water partition coefficient (Wildman–Crippen LogP) is 0.772. The van der Waals surface area contributed by atoms with Crippen LogP contribution in [0.15, 0.2) is 12.7 Å². The van der Waals surface area contributed by atoms with Crippen molar-refractivity contribution in [3.05, 3.63) is 12.7 Å². The number of hydrogen-bond acceptors (Lipinski definition) is 3. The van der Waals surface area contributed by atoms with E-state index >= 15 is 0 Å². The molecule has 19 heavy (non-hydrogen) atoms. The summed E-state index contributed by atoms with van der Waals surface area (Å²) in [6.45, 7) is 6.44. The lowest BCUT2D eigenvalue weighted by Crippen LogP contribution is -2.52. The number of rotatable bonds is 5. The van der Waals surface area contributed by atoms with E-state index < -0.39 is 5.97 Å². The Morgan fingerprint density at radius 1 is 1.53 bits per heavy atom. The van der Waals surface area contributed by atoms with Crippen molar-refractivity contribution in [3.8, 4) is 0 Å². The minimum Gasteiger partial charge on any atom is -0.481 e. The lowest BCUT2D eigenvalue weighted by molar-refractivity contribution is -0.143. The Morgan fingerprint density at radius 2 is 2.21 bits per heavy atom. The molecule has 0 saturated carbocycles. The number of aliphatic carboxylic acids is 1. The number of amides is 2. The van der Waals surface area contributed by atoms with Crippen LogP contribution in [0.1, 0.15) is 19.8 Å². The molecule has 1 aliphatic rings. The molecule has 0 aromatic rings. The number of carbonyl (C=O) groups excluding carboxylic acids is 1. The molecule has 1 rings (SSSR count). The fourth-order valence-electron chi connectivity index (χ4n) is 2.40. The van der Waals surface area contributed by atoms with E-state index in [0.29, 0.717) is 25.9 Å². The zero-order valence-corrected chi connectivity index (χ0v) is 11.3. The third kappa shape index (κ3) is 3.96. The summed E-state index contributed by atoms with van der Waals surface area (Å²) in [5.74, 6) is -1.16. The van der Waals surface area contributed by atoms with Gasteiger partial charge >= 0.3 is 12.0 Å². The molecule has 0 aliphatic carbocycles. The van der Waals surface area contributed by atoms with Crippen LogP contribution in [0, 0.1) is 5.92 Å². The van der Waals surface area contributed by atoms with Gasteiger partial charge in [0.05, 0.1) is 12.5 Å². The number of aliphatic hydroxyl groups is 1. The number of carbonyl (C=O) groups is 2. The zero-order chi connectivity index (χ0) is 14.4. The van der Waals surface area contributed by atoms with Gasteiger partial charge in [-0.3, -0.25) is 4.79 Å². The van der Waals surface area contributed by atoms with Crippen molar-refractivity contribution in [1.82, 2.24) is 9.80 Å². The molecular formula is C13H22N2O4. The number of carboxylic acid groups (broad SMARTS) is 1. The van der Waals surface area contributed by atoms with E-state index in [2.05, 4.69) is 6.58 Å². The maximum Gasteiger partial charge on any atom is 0.320 e. The van der Waals surface area contributed by atoms with Crippen LogP contribution in [0.5, 0.6) is 0 Å². The Bertz CT molecular complexity index is 346. The summed E-state index contributed by atoms with van der Waals surface area (Å²) in [6, 6.07) is -0.265. The first-order valence-electron chi connectivity index (χ1n) is 6.51. The van der Waals surface area contributed by atoms with Gasteiger partial charge in [0.2, 0.25) is 0 Å². The van der Waals surface area contributed by atoms with Crippen LogP contribution >= 0.6 is 0 Å². The number of piperidine rings is 1. The average molecular weight is 270 g/mol. The number of aliphatic hydroxyl groups excluding tert-OH is 1. The molecule has 6 nitrogen and oxygen atoms in total. The average Bonchev–Trinajstić information content (AvgIpc) is 2.37. The van der Waals surface area contributed by atoms with Gasteiger partial charge in [0, 0.05) is 25.7 Å². The minimum absolute atomic E-state index is 0.0977. The molecule has 1 fully saturated rings. The molecule has 0 bridgehead atoms. The summed E-state index contributed by atoms with van der Waals surface area (Å²) < 4.78 is 0. The first-order valence-corrected chi connectivity index (χ1v) is 6.51. The quantitative estimate of drug-likeness (QED) is 0.723. The second kappa shape index (κ2) is 7.13. The molecular weight excluding hydrogens is 248 g/mol. The number of urea groups is 1. The monoisotopic (exact) mass is 270 g/mol. The highest BCUT2D eigenvalue weighted by molar-refractivity contribution is 5.76. The fourth-order valence-corrected chi connectivity index (χ4v) is 2.40. The summed E-state index contributed by atoms with van der Waals surface area (Å²) in [6.07, 6.45) is 2.57. The van der Waals surface area contributed by atoms with Crippen LogP contribution in [0.3, 0.4) is 0 Å². The maximum absolute atomic E-state index is 12.3.